The second kappa shape index (κ2) is 8.05. The summed E-state index contributed by atoms with van der Waals surface area (Å²) in [4.78, 5) is 22.6. The topological polar surface area (TPSA) is 92.5 Å². The van der Waals surface area contributed by atoms with Gasteiger partial charge in [-0.25, -0.2) is 0 Å². The van der Waals surface area contributed by atoms with E-state index in [0.717, 1.165) is 18.2 Å². The average molecular weight is 447 g/mol. The quantitative estimate of drug-likeness (QED) is 0.532. The van der Waals surface area contributed by atoms with Crippen molar-refractivity contribution in [2.24, 2.45) is 0 Å². The smallest absolute Gasteiger partial charge is 0.394 e. The Morgan fingerprint density at radius 3 is 2.48 bits per heavy atom. The molecule has 0 bridgehead atoms. The molecule has 1 unspecified atom stereocenters. The van der Waals surface area contributed by atoms with Crippen molar-refractivity contribution in [3.05, 3.63) is 73.2 Å². The zero-order valence-corrected chi connectivity index (χ0v) is 15.5. The molecule has 27 heavy (non-hydrogen) atoms. The number of amides is 1. The molecule has 0 aliphatic rings. The minimum absolute atomic E-state index is 0.0298. The highest BCUT2D eigenvalue weighted by Gasteiger charge is 2.35. The molecule has 0 radical (unpaired) electrons. The van der Waals surface area contributed by atoms with Crippen LogP contribution in [0.3, 0.4) is 0 Å². The molecule has 2 aromatic rings. The Morgan fingerprint density at radius 2 is 1.96 bits per heavy atom. The molecule has 0 aromatic heterocycles. The number of benzene rings is 2. The van der Waals surface area contributed by atoms with Crippen molar-refractivity contribution in [3.8, 4) is 0 Å². The van der Waals surface area contributed by atoms with Crippen molar-refractivity contribution in [1.29, 1.82) is 0 Å². The monoisotopic (exact) mass is 446 g/mol. The summed E-state index contributed by atoms with van der Waals surface area (Å²) in [5, 5.41) is 22.7. The van der Waals surface area contributed by atoms with E-state index >= 15 is 0 Å². The largest absolute Gasteiger partial charge is 0.416 e. The van der Waals surface area contributed by atoms with E-state index < -0.39 is 35.2 Å². The summed E-state index contributed by atoms with van der Waals surface area (Å²) in [5.74, 6) is -0.761. The Kier molecular flexibility index (Phi) is 6.22. The van der Waals surface area contributed by atoms with Crippen LogP contribution in [0.4, 0.5) is 18.9 Å². The summed E-state index contributed by atoms with van der Waals surface area (Å²) >= 11 is 2.97. The maximum Gasteiger partial charge on any atom is 0.416 e. The van der Waals surface area contributed by atoms with Gasteiger partial charge in [-0.3, -0.25) is 14.9 Å². The highest BCUT2D eigenvalue weighted by atomic mass is 79.9. The predicted molar refractivity (Wildman–Crippen MR) is 94.3 cm³/mol. The second-order valence-electron chi connectivity index (χ2n) is 5.70. The van der Waals surface area contributed by atoms with E-state index in [1.54, 1.807) is 0 Å². The van der Waals surface area contributed by atoms with Gasteiger partial charge < -0.3 is 10.4 Å². The van der Waals surface area contributed by atoms with Crippen LogP contribution >= 0.6 is 15.9 Å². The van der Waals surface area contributed by atoms with Gasteiger partial charge in [-0.1, -0.05) is 22.0 Å². The molecule has 144 valence electrons. The van der Waals surface area contributed by atoms with Crippen molar-refractivity contribution in [1.82, 2.24) is 5.32 Å². The van der Waals surface area contributed by atoms with Gasteiger partial charge in [0.05, 0.1) is 23.1 Å². The molecule has 0 heterocycles. The third-order valence-electron chi connectivity index (χ3n) is 3.84. The summed E-state index contributed by atoms with van der Waals surface area (Å²) in [7, 11) is 0. The molecule has 0 aliphatic heterocycles. The fourth-order valence-corrected chi connectivity index (χ4v) is 2.90. The SMILES string of the molecule is Cc1cc(C(=O)NC(CO)c2ccc(Br)cc2C(F)(F)F)ccc1[N+](=O)[O-]. The first-order valence-electron chi connectivity index (χ1n) is 7.58. The lowest BCUT2D eigenvalue weighted by Gasteiger charge is -2.21. The number of nitro benzene ring substituents is 1. The van der Waals surface area contributed by atoms with E-state index in [0.29, 0.717) is 0 Å². The third kappa shape index (κ3) is 4.83. The van der Waals surface area contributed by atoms with Crippen LogP contribution in [-0.4, -0.2) is 22.5 Å². The van der Waals surface area contributed by atoms with Gasteiger partial charge in [0.1, 0.15) is 0 Å². The van der Waals surface area contributed by atoms with E-state index in [2.05, 4.69) is 21.2 Å². The summed E-state index contributed by atoms with van der Waals surface area (Å²) in [6, 6.07) is 5.68. The fraction of sp³-hybridized carbons (Fsp3) is 0.235. The number of aliphatic hydroxyl groups excluding tert-OH is 1. The molecule has 0 spiro atoms. The summed E-state index contributed by atoms with van der Waals surface area (Å²) in [6.45, 7) is 0.678. The summed E-state index contributed by atoms with van der Waals surface area (Å²) in [5.41, 5.74) is -1.20. The number of carbonyl (C=O) groups is 1. The number of nitrogens with zero attached hydrogens (tertiary/aromatic N) is 1. The standard InChI is InChI=1S/C17H14BrF3N2O4/c1-9-6-10(2-5-15(9)23(26)27)16(25)22-14(8-24)12-4-3-11(18)7-13(12)17(19,20)21/h2-7,14,24H,8H2,1H3,(H,22,25). The average Bonchev–Trinajstić information content (AvgIpc) is 2.58. The van der Waals surface area contributed by atoms with Gasteiger partial charge in [0, 0.05) is 21.7 Å². The predicted octanol–water partition coefficient (Wildman–Crippen LogP) is 4.15. The van der Waals surface area contributed by atoms with Gasteiger partial charge in [-0.2, -0.15) is 13.2 Å². The Balaban J connectivity index is 2.34. The third-order valence-corrected chi connectivity index (χ3v) is 4.33. The Morgan fingerprint density at radius 1 is 1.30 bits per heavy atom. The van der Waals surface area contributed by atoms with E-state index in [9.17, 15) is 33.2 Å². The molecule has 6 nitrogen and oxygen atoms in total. The van der Waals surface area contributed by atoms with Crippen molar-refractivity contribution >= 4 is 27.5 Å². The van der Waals surface area contributed by atoms with Gasteiger partial charge in [-0.15, -0.1) is 0 Å². The molecule has 0 saturated carbocycles. The van der Waals surface area contributed by atoms with Crippen LogP contribution in [0.5, 0.6) is 0 Å². The Labute approximate surface area is 160 Å². The van der Waals surface area contributed by atoms with E-state index in [1.165, 1.54) is 25.1 Å². The Hall–Kier alpha value is -2.46. The van der Waals surface area contributed by atoms with Crippen molar-refractivity contribution in [3.63, 3.8) is 0 Å². The van der Waals surface area contributed by atoms with Crippen LogP contribution in [-0.2, 0) is 6.18 Å². The van der Waals surface area contributed by atoms with Crippen molar-refractivity contribution in [2.75, 3.05) is 6.61 Å². The first-order valence-corrected chi connectivity index (χ1v) is 8.37. The molecule has 2 aromatic carbocycles. The number of alkyl halides is 3. The van der Waals surface area contributed by atoms with Crippen LogP contribution in [0, 0.1) is 17.0 Å². The summed E-state index contributed by atoms with van der Waals surface area (Å²) in [6.07, 6.45) is -4.68. The first-order chi connectivity index (χ1) is 12.5. The van der Waals surface area contributed by atoms with Crippen molar-refractivity contribution in [2.45, 2.75) is 19.1 Å². The van der Waals surface area contributed by atoms with Gasteiger partial charge in [-0.05, 0) is 36.8 Å². The van der Waals surface area contributed by atoms with E-state index in [4.69, 9.17) is 0 Å². The molecule has 0 aliphatic carbocycles. The number of aryl methyl sites for hydroxylation is 1. The van der Waals surface area contributed by atoms with Crippen LogP contribution in [0.2, 0.25) is 0 Å². The lowest BCUT2D eigenvalue weighted by Crippen LogP contribution is -2.32. The first kappa shape index (κ1) is 20.8. The second-order valence-corrected chi connectivity index (χ2v) is 6.61. The highest BCUT2D eigenvalue weighted by molar-refractivity contribution is 9.10. The van der Waals surface area contributed by atoms with Crippen LogP contribution in [0.15, 0.2) is 40.9 Å². The van der Waals surface area contributed by atoms with E-state index in [-0.39, 0.29) is 26.9 Å². The van der Waals surface area contributed by atoms with E-state index in [1.807, 2.05) is 0 Å². The number of nitrogens with one attached hydrogen (secondary N) is 1. The zero-order valence-electron chi connectivity index (χ0n) is 13.9. The molecular weight excluding hydrogens is 433 g/mol. The molecule has 10 heteroatoms. The maximum absolute atomic E-state index is 13.3. The molecule has 2 rings (SSSR count). The van der Waals surface area contributed by atoms with Gasteiger partial charge in [0.15, 0.2) is 0 Å². The van der Waals surface area contributed by atoms with Gasteiger partial charge in [0.25, 0.3) is 11.6 Å². The molecule has 0 fully saturated rings. The number of halogens is 4. The fourth-order valence-electron chi connectivity index (χ4n) is 2.54. The zero-order chi connectivity index (χ0) is 20.4. The van der Waals surface area contributed by atoms with Crippen LogP contribution in [0.25, 0.3) is 0 Å². The highest BCUT2D eigenvalue weighted by Crippen LogP contribution is 2.36. The van der Waals surface area contributed by atoms with Crippen LogP contribution in [0.1, 0.15) is 33.1 Å². The molecule has 1 atom stereocenters. The molecule has 2 N–H and O–H groups in total. The minimum Gasteiger partial charge on any atom is -0.394 e. The minimum atomic E-state index is -4.68. The van der Waals surface area contributed by atoms with Gasteiger partial charge >= 0.3 is 6.18 Å². The Bertz CT molecular complexity index is 887. The molecule has 1 amide bonds. The summed E-state index contributed by atoms with van der Waals surface area (Å²) < 4.78 is 40.0. The molecular formula is C17H14BrF3N2O4. The molecule has 0 saturated heterocycles. The number of aliphatic hydroxyl groups is 1. The maximum atomic E-state index is 13.3. The number of carbonyl (C=O) groups excluding carboxylic acids is 1. The number of hydrogen-bond donors (Lipinski definition) is 2. The van der Waals surface area contributed by atoms with Crippen molar-refractivity contribution < 1.29 is 28.0 Å². The lowest BCUT2D eigenvalue weighted by atomic mass is 9.99. The number of rotatable bonds is 5. The lowest BCUT2D eigenvalue weighted by molar-refractivity contribution is -0.385. The number of nitro groups is 1. The normalized spacial score (nSPS) is 12.5. The van der Waals surface area contributed by atoms with Crippen LogP contribution < -0.4 is 5.32 Å². The van der Waals surface area contributed by atoms with Gasteiger partial charge in [0.2, 0.25) is 0 Å². The number of hydrogen-bond acceptors (Lipinski definition) is 4.